The first-order valence-corrected chi connectivity index (χ1v) is 7.71. The largest absolute Gasteiger partial charge is 0.331 e. The molecule has 1 aliphatic rings. The third-order valence-corrected chi connectivity index (χ3v) is 3.97. The molecule has 1 fully saturated rings. The van der Waals surface area contributed by atoms with Crippen LogP contribution in [0.4, 0.5) is 5.69 Å². The van der Waals surface area contributed by atoms with Gasteiger partial charge in [-0.15, -0.1) is 0 Å². The molecule has 6 heteroatoms. The molecule has 0 spiro atoms. The molecule has 0 unspecified atom stereocenters. The first-order chi connectivity index (χ1) is 10.8. The minimum atomic E-state index is -0.211. The van der Waals surface area contributed by atoms with Crippen molar-refractivity contribution < 1.29 is 14.4 Å². The molecule has 0 bridgehead atoms. The smallest absolute Gasteiger partial charge is 0.248 e. The van der Waals surface area contributed by atoms with Crippen molar-refractivity contribution >= 4 is 23.4 Å². The highest BCUT2D eigenvalue weighted by Gasteiger charge is 2.32. The van der Waals surface area contributed by atoms with Crippen molar-refractivity contribution in [1.82, 2.24) is 9.80 Å². The fourth-order valence-electron chi connectivity index (χ4n) is 2.57. The first-order valence-electron chi connectivity index (χ1n) is 7.71. The van der Waals surface area contributed by atoms with E-state index in [1.54, 1.807) is 4.90 Å². The molecule has 2 rings (SSSR count). The summed E-state index contributed by atoms with van der Waals surface area (Å²) >= 11 is 0. The van der Waals surface area contributed by atoms with Gasteiger partial charge in [0.15, 0.2) is 0 Å². The molecule has 1 aromatic rings. The maximum Gasteiger partial charge on any atom is 0.248 e. The molecular formula is C17H23N3O3. The predicted molar refractivity (Wildman–Crippen MR) is 87.8 cm³/mol. The fraction of sp³-hybridized carbons (Fsp3) is 0.471. The van der Waals surface area contributed by atoms with Gasteiger partial charge in [0.2, 0.25) is 17.7 Å². The Kier molecular flexibility index (Phi) is 5.03. The van der Waals surface area contributed by atoms with E-state index in [0.717, 1.165) is 11.3 Å². The van der Waals surface area contributed by atoms with Crippen LogP contribution in [-0.4, -0.2) is 53.3 Å². The van der Waals surface area contributed by atoms with Crippen molar-refractivity contribution in [2.45, 2.75) is 33.7 Å². The summed E-state index contributed by atoms with van der Waals surface area (Å²) in [5.74, 6) is -0.466. The Hall–Kier alpha value is -2.37. The van der Waals surface area contributed by atoms with Crippen LogP contribution in [0.2, 0.25) is 0 Å². The maximum absolute atomic E-state index is 12.4. The van der Waals surface area contributed by atoms with E-state index >= 15 is 0 Å². The van der Waals surface area contributed by atoms with Crippen LogP contribution in [0.15, 0.2) is 24.3 Å². The lowest BCUT2D eigenvalue weighted by Crippen LogP contribution is -2.44. The van der Waals surface area contributed by atoms with E-state index < -0.39 is 0 Å². The van der Waals surface area contributed by atoms with Crippen molar-refractivity contribution in [2.24, 2.45) is 0 Å². The molecule has 124 valence electrons. The van der Waals surface area contributed by atoms with Crippen LogP contribution in [-0.2, 0) is 14.4 Å². The third kappa shape index (κ3) is 3.88. The van der Waals surface area contributed by atoms with Gasteiger partial charge >= 0.3 is 0 Å². The van der Waals surface area contributed by atoms with E-state index in [-0.39, 0.29) is 43.5 Å². The zero-order valence-corrected chi connectivity index (χ0v) is 14.1. The standard InChI is InChI=1S/C17H23N3O3/c1-12(2)19(14(4)21)10-16(22)18-9-17(23)20(11-18)15-7-5-13(3)6-8-15/h5-8,12H,9-11H2,1-4H3. The minimum Gasteiger partial charge on any atom is -0.331 e. The van der Waals surface area contributed by atoms with Crippen LogP contribution in [0, 0.1) is 6.92 Å². The summed E-state index contributed by atoms with van der Waals surface area (Å²) in [4.78, 5) is 40.7. The second kappa shape index (κ2) is 6.81. The van der Waals surface area contributed by atoms with E-state index in [4.69, 9.17) is 0 Å². The molecule has 1 aromatic carbocycles. The summed E-state index contributed by atoms with van der Waals surface area (Å²) < 4.78 is 0. The van der Waals surface area contributed by atoms with Gasteiger partial charge < -0.3 is 9.80 Å². The number of carbonyl (C=O) groups excluding carboxylic acids is 3. The summed E-state index contributed by atoms with van der Waals surface area (Å²) in [5.41, 5.74) is 1.89. The molecule has 0 saturated carbocycles. The lowest BCUT2D eigenvalue weighted by atomic mass is 10.2. The van der Waals surface area contributed by atoms with Crippen molar-refractivity contribution in [2.75, 3.05) is 24.7 Å². The minimum absolute atomic E-state index is 0.00200. The number of carbonyl (C=O) groups is 3. The maximum atomic E-state index is 12.4. The molecule has 23 heavy (non-hydrogen) atoms. The molecule has 0 aromatic heterocycles. The van der Waals surface area contributed by atoms with Gasteiger partial charge in [-0.3, -0.25) is 19.3 Å². The molecule has 0 N–H and O–H groups in total. The number of aryl methyl sites for hydroxylation is 1. The number of hydrogen-bond donors (Lipinski definition) is 0. The Morgan fingerprint density at radius 1 is 1.22 bits per heavy atom. The summed E-state index contributed by atoms with van der Waals surface area (Å²) in [5, 5.41) is 0. The van der Waals surface area contributed by atoms with E-state index in [2.05, 4.69) is 0 Å². The normalized spacial score (nSPS) is 14.6. The Morgan fingerprint density at radius 3 is 2.35 bits per heavy atom. The highest BCUT2D eigenvalue weighted by atomic mass is 16.2. The third-order valence-electron chi connectivity index (χ3n) is 3.97. The van der Waals surface area contributed by atoms with Gasteiger partial charge in [-0.25, -0.2) is 0 Å². The molecule has 0 atom stereocenters. The summed E-state index contributed by atoms with van der Waals surface area (Å²) in [6.07, 6.45) is 0. The molecule has 1 heterocycles. The Morgan fingerprint density at radius 2 is 1.83 bits per heavy atom. The van der Waals surface area contributed by atoms with Gasteiger partial charge in [0.05, 0.1) is 0 Å². The van der Waals surface area contributed by atoms with Crippen molar-refractivity contribution in [1.29, 1.82) is 0 Å². The van der Waals surface area contributed by atoms with Crippen LogP contribution >= 0.6 is 0 Å². The molecule has 0 radical (unpaired) electrons. The van der Waals surface area contributed by atoms with Gasteiger partial charge in [0.25, 0.3) is 0 Å². The zero-order chi connectivity index (χ0) is 17.1. The van der Waals surface area contributed by atoms with Crippen molar-refractivity contribution in [3.05, 3.63) is 29.8 Å². The molecule has 6 nitrogen and oxygen atoms in total. The average molecular weight is 317 g/mol. The zero-order valence-electron chi connectivity index (χ0n) is 14.1. The fourth-order valence-corrected chi connectivity index (χ4v) is 2.57. The van der Waals surface area contributed by atoms with E-state index in [9.17, 15) is 14.4 Å². The van der Waals surface area contributed by atoms with Gasteiger partial charge in [-0.2, -0.15) is 0 Å². The van der Waals surface area contributed by atoms with Gasteiger partial charge in [-0.1, -0.05) is 17.7 Å². The number of hydrogen-bond acceptors (Lipinski definition) is 3. The summed E-state index contributed by atoms with van der Waals surface area (Å²) in [6, 6.07) is 7.56. The summed E-state index contributed by atoms with van der Waals surface area (Å²) in [7, 11) is 0. The Labute approximate surface area is 136 Å². The van der Waals surface area contributed by atoms with E-state index in [1.165, 1.54) is 16.7 Å². The molecule has 1 aliphatic heterocycles. The molecular weight excluding hydrogens is 294 g/mol. The van der Waals surface area contributed by atoms with Crippen LogP contribution in [0.3, 0.4) is 0 Å². The number of rotatable bonds is 4. The summed E-state index contributed by atoms with van der Waals surface area (Å²) in [6.45, 7) is 7.43. The Bertz CT molecular complexity index is 610. The van der Waals surface area contributed by atoms with Gasteiger partial charge in [-0.05, 0) is 32.9 Å². The van der Waals surface area contributed by atoms with Gasteiger partial charge in [0.1, 0.15) is 19.8 Å². The van der Waals surface area contributed by atoms with Crippen LogP contribution < -0.4 is 4.90 Å². The first kappa shape index (κ1) is 17.0. The second-order valence-electron chi connectivity index (χ2n) is 6.13. The molecule has 3 amide bonds. The quantitative estimate of drug-likeness (QED) is 0.843. The number of anilines is 1. The van der Waals surface area contributed by atoms with E-state index in [0.29, 0.717) is 0 Å². The Balaban J connectivity index is 2.05. The lowest BCUT2D eigenvalue weighted by molar-refractivity contribution is -0.140. The number of benzene rings is 1. The lowest BCUT2D eigenvalue weighted by Gasteiger charge is -2.27. The monoisotopic (exact) mass is 317 g/mol. The van der Waals surface area contributed by atoms with Crippen molar-refractivity contribution in [3.8, 4) is 0 Å². The SMILES string of the molecule is CC(=O)N(CC(=O)N1CC(=O)N(c2ccc(C)cc2)C1)C(C)C. The van der Waals surface area contributed by atoms with Crippen LogP contribution in [0.5, 0.6) is 0 Å². The second-order valence-corrected chi connectivity index (χ2v) is 6.13. The van der Waals surface area contributed by atoms with Crippen LogP contribution in [0.1, 0.15) is 26.3 Å². The molecule has 0 aliphatic carbocycles. The molecule has 1 saturated heterocycles. The van der Waals surface area contributed by atoms with E-state index in [1.807, 2.05) is 45.0 Å². The number of nitrogens with zero attached hydrogens (tertiary/aromatic N) is 3. The topological polar surface area (TPSA) is 60.9 Å². The van der Waals surface area contributed by atoms with Gasteiger partial charge in [0, 0.05) is 18.7 Å². The van der Waals surface area contributed by atoms with Crippen LogP contribution in [0.25, 0.3) is 0 Å². The highest BCUT2D eigenvalue weighted by molar-refractivity contribution is 6.00. The predicted octanol–water partition coefficient (Wildman–Crippen LogP) is 1.38. The average Bonchev–Trinajstić information content (AvgIpc) is 2.86. The van der Waals surface area contributed by atoms with Crippen molar-refractivity contribution in [3.63, 3.8) is 0 Å². The highest BCUT2D eigenvalue weighted by Crippen LogP contribution is 2.20. The number of amides is 3.